The van der Waals surface area contributed by atoms with Crippen molar-refractivity contribution in [1.82, 2.24) is 4.98 Å². The smallest absolute Gasteiger partial charge is 0.308 e. The van der Waals surface area contributed by atoms with Crippen molar-refractivity contribution in [1.29, 1.82) is 0 Å². The normalized spacial score (nSPS) is 10.7. The van der Waals surface area contributed by atoms with Crippen molar-refractivity contribution in [2.24, 2.45) is 0 Å². The molecule has 2 rings (SSSR count). The van der Waals surface area contributed by atoms with Gasteiger partial charge >= 0.3 is 5.97 Å². The molecule has 0 aliphatic rings. The van der Waals surface area contributed by atoms with Crippen molar-refractivity contribution in [2.75, 3.05) is 0 Å². The first kappa shape index (κ1) is 11.7. The van der Waals surface area contributed by atoms with E-state index in [4.69, 9.17) is 16.7 Å². The van der Waals surface area contributed by atoms with Crippen molar-refractivity contribution in [3.05, 3.63) is 44.7 Å². The van der Waals surface area contributed by atoms with Gasteiger partial charge in [-0.05, 0) is 24.6 Å². The highest BCUT2D eigenvalue weighted by molar-refractivity contribution is 6.35. The molecule has 1 aromatic heterocycles. The molecule has 0 bridgehead atoms. The van der Waals surface area contributed by atoms with Crippen LogP contribution in [0.15, 0.2) is 23.0 Å². The molecule has 0 radical (unpaired) electrons. The Balaban J connectivity index is 2.76. The number of aliphatic carboxylic acids is 1. The summed E-state index contributed by atoms with van der Waals surface area (Å²) in [5.41, 5.74) is 1.36. The highest BCUT2D eigenvalue weighted by Crippen LogP contribution is 2.24. The molecule has 17 heavy (non-hydrogen) atoms. The molecule has 0 unspecified atom stereocenters. The molecule has 1 heterocycles. The summed E-state index contributed by atoms with van der Waals surface area (Å²) in [7, 11) is 0. The third-order valence-electron chi connectivity index (χ3n) is 2.59. The standard InChI is InChI=1S/C12H10ClNO3/c1-6-2-3-9(13)8-4-7(5-10(15)16)12(17)14-11(6)8/h2-4H,5H2,1H3,(H,14,17)(H,15,16). The molecule has 1 aromatic carbocycles. The van der Waals surface area contributed by atoms with Gasteiger partial charge in [0, 0.05) is 16.0 Å². The monoisotopic (exact) mass is 251 g/mol. The molecule has 0 aliphatic carbocycles. The number of H-pyrrole nitrogens is 1. The lowest BCUT2D eigenvalue weighted by Gasteiger charge is -2.05. The Morgan fingerprint density at radius 3 is 2.82 bits per heavy atom. The summed E-state index contributed by atoms with van der Waals surface area (Å²) >= 11 is 6.02. The molecule has 0 aliphatic heterocycles. The van der Waals surface area contributed by atoms with Crippen LogP contribution in [0, 0.1) is 6.92 Å². The second-order valence-electron chi connectivity index (χ2n) is 3.85. The van der Waals surface area contributed by atoms with E-state index >= 15 is 0 Å². The van der Waals surface area contributed by atoms with E-state index < -0.39 is 5.97 Å². The predicted octanol–water partition coefficient (Wildman–Crippen LogP) is 2.12. The Kier molecular flexibility index (Phi) is 2.90. The zero-order valence-electron chi connectivity index (χ0n) is 9.08. The summed E-state index contributed by atoms with van der Waals surface area (Å²) < 4.78 is 0. The number of aryl methyl sites for hydroxylation is 1. The number of fused-ring (bicyclic) bond motifs is 1. The Bertz CT molecular complexity index is 661. The van der Waals surface area contributed by atoms with E-state index in [1.807, 2.05) is 6.92 Å². The lowest BCUT2D eigenvalue weighted by Crippen LogP contribution is -2.16. The van der Waals surface area contributed by atoms with E-state index in [1.54, 1.807) is 12.1 Å². The molecule has 5 heteroatoms. The largest absolute Gasteiger partial charge is 0.481 e. The number of carbonyl (C=O) groups is 1. The van der Waals surface area contributed by atoms with E-state index in [0.717, 1.165) is 5.56 Å². The maximum Gasteiger partial charge on any atom is 0.308 e. The van der Waals surface area contributed by atoms with Crippen LogP contribution >= 0.6 is 11.6 Å². The number of carboxylic acid groups (broad SMARTS) is 1. The number of aromatic amines is 1. The minimum Gasteiger partial charge on any atom is -0.481 e. The maximum atomic E-state index is 11.7. The van der Waals surface area contributed by atoms with Gasteiger partial charge in [0.1, 0.15) is 0 Å². The average molecular weight is 252 g/mol. The minimum atomic E-state index is -1.04. The molecule has 2 aromatic rings. The van der Waals surface area contributed by atoms with Crippen LogP contribution in [-0.2, 0) is 11.2 Å². The van der Waals surface area contributed by atoms with Gasteiger partial charge in [0.25, 0.3) is 5.56 Å². The Hall–Kier alpha value is -1.81. The molecule has 0 saturated heterocycles. The van der Waals surface area contributed by atoms with E-state index in [-0.39, 0.29) is 17.5 Å². The van der Waals surface area contributed by atoms with Gasteiger partial charge in [-0.1, -0.05) is 17.7 Å². The summed E-state index contributed by atoms with van der Waals surface area (Å²) in [5, 5.41) is 9.86. The number of pyridine rings is 1. The number of hydrogen-bond donors (Lipinski definition) is 2. The van der Waals surface area contributed by atoms with Gasteiger partial charge in [-0.15, -0.1) is 0 Å². The zero-order chi connectivity index (χ0) is 12.6. The number of hydrogen-bond acceptors (Lipinski definition) is 2. The summed E-state index contributed by atoms with van der Waals surface area (Å²) in [6.45, 7) is 1.85. The number of carboxylic acids is 1. The van der Waals surface area contributed by atoms with Crippen molar-refractivity contribution in [3.8, 4) is 0 Å². The van der Waals surface area contributed by atoms with E-state index in [0.29, 0.717) is 15.9 Å². The molecule has 0 atom stereocenters. The van der Waals surface area contributed by atoms with Crippen LogP contribution in [0.25, 0.3) is 10.9 Å². The van der Waals surface area contributed by atoms with Gasteiger partial charge in [-0.25, -0.2) is 0 Å². The lowest BCUT2D eigenvalue weighted by atomic mass is 10.1. The second kappa shape index (κ2) is 4.22. The van der Waals surface area contributed by atoms with Crippen molar-refractivity contribution < 1.29 is 9.90 Å². The van der Waals surface area contributed by atoms with Crippen LogP contribution in [0.3, 0.4) is 0 Å². The molecular weight excluding hydrogens is 242 g/mol. The van der Waals surface area contributed by atoms with Crippen molar-refractivity contribution in [3.63, 3.8) is 0 Å². The fourth-order valence-corrected chi connectivity index (χ4v) is 1.95. The fourth-order valence-electron chi connectivity index (χ4n) is 1.74. The van der Waals surface area contributed by atoms with Crippen LogP contribution in [-0.4, -0.2) is 16.1 Å². The van der Waals surface area contributed by atoms with Crippen LogP contribution < -0.4 is 5.56 Å². The molecule has 0 amide bonds. The first-order valence-electron chi connectivity index (χ1n) is 5.02. The van der Waals surface area contributed by atoms with Crippen LogP contribution in [0.2, 0.25) is 5.02 Å². The van der Waals surface area contributed by atoms with E-state index in [1.165, 1.54) is 6.07 Å². The third kappa shape index (κ3) is 2.17. The molecule has 2 N–H and O–H groups in total. The number of halogens is 1. The first-order valence-corrected chi connectivity index (χ1v) is 5.39. The van der Waals surface area contributed by atoms with Gasteiger partial charge < -0.3 is 10.1 Å². The number of nitrogens with one attached hydrogen (secondary N) is 1. The number of rotatable bonds is 2. The van der Waals surface area contributed by atoms with Gasteiger partial charge in [-0.2, -0.15) is 0 Å². The minimum absolute atomic E-state index is 0.206. The van der Waals surface area contributed by atoms with Gasteiger partial charge in [0.2, 0.25) is 0 Å². The summed E-state index contributed by atoms with van der Waals surface area (Å²) in [4.78, 5) is 25.0. The summed E-state index contributed by atoms with van der Waals surface area (Å²) in [6.07, 6.45) is -0.310. The van der Waals surface area contributed by atoms with Gasteiger partial charge in [-0.3, -0.25) is 9.59 Å². The van der Waals surface area contributed by atoms with Crippen LogP contribution in [0.1, 0.15) is 11.1 Å². The summed E-state index contributed by atoms with van der Waals surface area (Å²) in [5.74, 6) is -1.04. The Labute approximate surface area is 102 Å². The molecule has 0 saturated carbocycles. The first-order chi connectivity index (χ1) is 7.99. The average Bonchev–Trinajstić information content (AvgIpc) is 2.25. The highest BCUT2D eigenvalue weighted by Gasteiger charge is 2.10. The Morgan fingerprint density at radius 1 is 1.47 bits per heavy atom. The van der Waals surface area contributed by atoms with Crippen LogP contribution in [0.4, 0.5) is 0 Å². The number of aromatic nitrogens is 1. The van der Waals surface area contributed by atoms with Crippen molar-refractivity contribution in [2.45, 2.75) is 13.3 Å². The van der Waals surface area contributed by atoms with Crippen LogP contribution in [0.5, 0.6) is 0 Å². The molecular formula is C12H10ClNO3. The van der Waals surface area contributed by atoms with E-state index in [2.05, 4.69) is 4.98 Å². The number of benzene rings is 1. The molecule has 88 valence electrons. The highest BCUT2D eigenvalue weighted by atomic mass is 35.5. The molecule has 0 fully saturated rings. The van der Waals surface area contributed by atoms with Gasteiger partial charge in [0.05, 0.1) is 11.9 Å². The molecule has 0 spiro atoms. The quantitative estimate of drug-likeness (QED) is 0.859. The second-order valence-corrected chi connectivity index (χ2v) is 4.25. The third-order valence-corrected chi connectivity index (χ3v) is 2.92. The Morgan fingerprint density at radius 2 is 2.18 bits per heavy atom. The molecule has 4 nitrogen and oxygen atoms in total. The summed E-state index contributed by atoms with van der Waals surface area (Å²) in [6, 6.07) is 5.07. The fraction of sp³-hybridized carbons (Fsp3) is 0.167. The maximum absolute atomic E-state index is 11.7. The lowest BCUT2D eigenvalue weighted by molar-refractivity contribution is -0.136. The topological polar surface area (TPSA) is 70.2 Å². The zero-order valence-corrected chi connectivity index (χ0v) is 9.84. The van der Waals surface area contributed by atoms with Crippen molar-refractivity contribution >= 4 is 28.5 Å². The SMILES string of the molecule is Cc1ccc(Cl)c2cc(CC(=O)O)c(=O)[nH]c12. The predicted molar refractivity (Wildman–Crippen MR) is 65.7 cm³/mol. The van der Waals surface area contributed by atoms with E-state index in [9.17, 15) is 9.59 Å². The van der Waals surface area contributed by atoms with Gasteiger partial charge in [0.15, 0.2) is 0 Å².